The Morgan fingerprint density at radius 2 is 1.70 bits per heavy atom. The molecule has 0 N–H and O–H groups in total. The number of hydrogen-bond donors (Lipinski definition) is 0. The number of amides is 1. The maximum atomic E-state index is 12.6. The van der Waals surface area contributed by atoms with Crippen molar-refractivity contribution < 1.29 is 9.53 Å². The maximum Gasteiger partial charge on any atom is 0.236 e. The summed E-state index contributed by atoms with van der Waals surface area (Å²) in [7, 11) is 3.71. The number of methoxy groups -OCH3 is 1. The Bertz CT molecular complexity index is 707. The molecule has 1 saturated heterocycles. The number of benzene rings is 2. The molecule has 0 unspecified atom stereocenters. The number of carbonyl (C=O) groups is 1. The fourth-order valence-corrected chi connectivity index (χ4v) is 3.76. The van der Waals surface area contributed by atoms with Gasteiger partial charge in [-0.25, -0.2) is 0 Å². The summed E-state index contributed by atoms with van der Waals surface area (Å²) in [5.74, 6) is 1.81. The highest BCUT2D eigenvalue weighted by atomic mass is 16.5. The lowest BCUT2D eigenvalue weighted by Crippen LogP contribution is -2.43. The largest absolute Gasteiger partial charge is 0.497 e. The van der Waals surface area contributed by atoms with Gasteiger partial charge in [0, 0.05) is 19.6 Å². The molecule has 0 aromatic heterocycles. The highest BCUT2D eigenvalue weighted by Gasteiger charge is 2.23. The summed E-state index contributed by atoms with van der Waals surface area (Å²) in [5, 5.41) is 0. The van der Waals surface area contributed by atoms with Crippen LogP contribution in [-0.4, -0.2) is 49.5 Å². The Morgan fingerprint density at radius 1 is 1.04 bits per heavy atom. The van der Waals surface area contributed by atoms with E-state index in [0.717, 1.165) is 44.6 Å². The molecular formula is C23H30N2O2. The molecule has 1 heterocycles. The summed E-state index contributed by atoms with van der Waals surface area (Å²) in [6.07, 6.45) is 3.25. The third kappa shape index (κ3) is 5.83. The van der Waals surface area contributed by atoms with Crippen LogP contribution in [0, 0.1) is 5.92 Å². The van der Waals surface area contributed by atoms with E-state index >= 15 is 0 Å². The first-order chi connectivity index (χ1) is 13.1. The predicted molar refractivity (Wildman–Crippen MR) is 109 cm³/mol. The average Bonchev–Trinajstić information content (AvgIpc) is 2.70. The topological polar surface area (TPSA) is 32.8 Å². The molecule has 0 radical (unpaired) electrons. The van der Waals surface area contributed by atoms with Crippen molar-refractivity contribution in [3.63, 3.8) is 0 Å². The van der Waals surface area contributed by atoms with Crippen molar-refractivity contribution in [1.29, 1.82) is 0 Å². The van der Waals surface area contributed by atoms with Gasteiger partial charge in [0.2, 0.25) is 5.91 Å². The Labute approximate surface area is 162 Å². The van der Waals surface area contributed by atoms with Crippen LogP contribution >= 0.6 is 0 Å². The molecule has 1 amide bonds. The quantitative estimate of drug-likeness (QED) is 0.750. The molecule has 1 aliphatic rings. The lowest BCUT2D eigenvalue weighted by Gasteiger charge is -2.33. The van der Waals surface area contributed by atoms with Crippen molar-refractivity contribution in [2.24, 2.45) is 5.92 Å². The molecule has 0 spiro atoms. The Morgan fingerprint density at radius 3 is 2.33 bits per heavy atom. The standard InChI is InChI=1S/C23H30N2O2/c1-24(17-21-6-4-3-5-7-21)18-23(26)25-14-12-20(13-15-25)16-19-8-10-22(27-2)11-9-19/h3-11,20H,12-18H2,1-2H3. The summed E-state index contributed by atoms with van der Waals surface area (Å²) < 4.78 is 5.22. The van der Waals surface area contributed by atoms with Gasteiger partial charge in [0.15, 0.2) is 0 Å². The molecule has 0 atom stereocenters. The van der Waals surface area contributed by atoms with Gasteiger partial charge in [0.25, 0.3) is 0 Å². The van der Waals surface area contributed by atoms with E-state index in [0.29, 0.717) is 12.5 Å². The number of carbonyl (C=O) groups excluding carboxylic acids is 1. The highest BCUT2D eigenvalue weighted by molar-refractivity contribution is 5.78. The van der Waals surface area contributed by atoms with Crippen LogP contribution in [-0.2, 0) is 17.8 Å². The number of nitrogens with zero attached hydrogens (tertiary/aromatic N) is 2. The van der Waals surface area contributed by atoms with Gasteiger partial charge in [-0.1, -0.05) is 42.5 Å². The van der Waals surface area contributed by atoms with Crippen molar-refractivity contribution in [2.45, 2.75) is 25.8 Å². The van der Waals surface area contributed by atoms with Crippen LogP contribution in [0.2, 0.25) is 0 Å². The predicted octanol–water partition coefficient (Wildman–Crippen LogP) is 3.61. The summed E-state index contributed by atoms with van der Waals surface area (Å²) >= 11 is 0. The molecule has 27 heavy (non-hydrogen) atoms. The molecule has 3 rings (SSSR count). The van der Waals surface area contributed by atoms with Gasteiger partial charge in [-0.15, -0.1) is 0 Å². The van der Waals surface area contributed by atoms with Gasteiger partial charge in [-0.05, 0) is 55.5 Å². The molecule has 0 aliphatic carbocycles. The van der Waals surface area contributed by atoms with Gasteiger partial charge in [0.05, 0.1) is 13.7 Å². The second kappa shape index (κ2) is 9.56. The molecule has 1 aliphatic heterocycles. The lowest BCUT2D eigenvalue weighted by atomic mass is 9.90. The fourth-order valence-electron chi connectivity index (χ4n) is 3.76. The second-order valence-corrected chi connectivity index (χ2v) is 7.53. The molecule has 2 aromatic rings. The minimum Gasteiger partial charge on any atom is -0.497 e. The molecule has 2 aromatic carbocycles. The van der Waals surface area contributed by atoms with Crippen molar-refractivity contribution in [2.75, 3.05) is 33.8 Å². The van der Waals surface area contributed by atoms with Gasteiger partial charge in [-0.3, -0.25) is 9.69 Å². The number of likely N-dealkylation sites (tertiary alicyclic amines) is 1. The van der Waals surface area contributed by atoms with Crippen LogP contribution in [0.25, 0.3) is 0 Å². The number of piperidine rings is 1. The van der Waals surface area contributed by atoms with E-state index in [9.17, 15) is 4.79 Å². The molecule has 144 valence electrons. The maximum absolute atomic E-state index is 12.6. The summed E-state index contributed by atoms with van der Waals surface area (Å²) in [6, 6.07) is 18.6. The summed E-state index contributed by atoms with van der Waals surface area (Å²) in [6.45, 7) is 3.04. The van der Waals surface area contributed by atoms with Crippen LogP contribution in [0.1, 0.15) is 24.0 Å². The monoisotopic (exact) mass is 366 g/mol. The summed E-state index contributed by atoms with van der Waals surface area (Å²) in [4.78, 5) is 16.7. The van der Waals surface area contributed by atoms with Crippen LogP contribution in [0.3, 0.4) is 0 Å². The van der Waals surface area contributed by atoms with E-state index in [2.05, 4.69) is 29.2 Å². The molecule has 1 fully saturated rings. The van der Waals surface area contributed by atoms with Crippen molar-refractivity contribution in [3.8, 4) is 5.75 Å². The molecule has 0 saturated carbocycles. The first-order valence-electron chi connectivity index (χ1n) is 9.77. The third-order valence-corrected chi connectivity index (χ3v) is 5.35. The number of rotatable bonds is 7. The average molecular weight is 367 g/mol. The normalized spacial score (nSPS) is 15.1. The SMILES string of the molecule is COc1ccc(CC2CCN(C(=O)CN(C)Cc3ccccc3)CC2)cc1. The zero-order valence-corrected chi connectivity index (χ0v) is 16.4. The van der Waals surface area contributed by atoms with Crippen LogP contribution < -0.4 is 4.74 Å². The number of likely N-dealkylation sites (N-methyl/N-ethyl adjacent to an activating group) is 1. The Balaban J connectivity index is 1.42. The van der Waals surface area contributed by atoms with Gasteiger partial charge >= 0.3 is 0 Å². The van der Waals surface area contributed by atoms with Gasteiger partial charge in [-0.2, -0.15) is 0 Å². The zero-order valence-electron chi connectivity index (χ0n) is 16.4. The first kappa shape index (κ1) is 19.4. The van der Waals surface area contributed by atoms with E-state index in [1.165, 1.54) is 11.1 Å². The van der Waals surface area contributed by atoms with Crippen molar-refractivity contribution >= 4 is 5.91 Å². The summed E-state index contributed by atoms with van der Waals surface area (Å²) in [5.41, 5.74) is 2.59. The molecule has 4 nitrogen and oxygen atoms in total. The van der Waals surface area contributed by atoms with Gasteiger partial charge < -0.3 is 9.64 Å². The first-order valence-corrected chi connectivity index (χ1v) is 9.77. The minimum absolute atomic E-state index is 0.247. The van der Waals surface area contributed by atoms with E-state index < -0.39 is 0 Å². The van der Waals surface area contributed by atoms with Crippen LogP contribution in [0.15, 0.2) is 54.6 Å². The van der Waals surface area contributed by atoms with Crippen LogP contribution in [0.5, 0.6) is 5.75 Å². The molecule has 0 bridgehead atoms. The minimum atomic E-state index is 0.247. The number of hydrogen-bond acceptors (Lipinski definition) is 3. The van der Waals surface area contributed by atoms with Crippen molar-refractivity contribution in [3.05, 3.63) is 65.7 Å². The second-order valence-electron chi connectivity index (χ2n) is 7.53. The fraction of sp³-hybridized carbons (Fsp3) is 0.435. The highest BCUT2D eigenvalue weighted by Crippen LogP contribution is 2.23. The van der Waals surface area contributed by atoms with E-state index in [1.54, 1.807) is 7.11 Å². The third-order valence-electron chi connectivity index (χ3n) is 5.35. The van der Waals surface area contributed by atoms with E-state index in [4.69, 9.17) is 4.74 Å². The van der Waals surface area contributed by atoms with Crippen LogP contribution in [0.4, 0.5) is 0 Å². The number of ether oxygens (including phenoxy) is 1. The van der Waals surface area contributed by atoms with E-state index in [1.807, 2.05) is 42.3 Å². The Hall–Kier alpha value is -2.33. The smallest absolute Gasteiger partial charge is 0.236 e. The Kier molecular flexibility index (Phi) is 6.88. The zero-order chi connectivity index (χ0) is 19.1. The van der Waals surface area contributed by atoms with Gasteiger partial charge in [0.1, 0.15) is 5.75 Å². The molecular weight excluding hydrogens is 336 g/mol. The van der Waals surface area contributed by atoms with E-state index in [-0.39, 0.29) is 5.91 Å². The molecule has 4 heteroatoms. The lowest BCUT2D eigenvalue weighted by molar-refractivity contribution is -0.133. The van der Waals surface area contributed by atoms with Crippen molar-refractivity contribution in [1.82, 2.24) is 9.80 Å².